The molecule has 0 aliphatic carbocycles. The Balaban J connectivity index is 2.38. The lowest BCUT2D eigenvalue weighted by atomic mass is 10.1. The van der Waals surface area contributed by atoms with Crippen LogP contribution >= 0.6 is 0 Å². The summed E-state index contributed by atoms with van der Waals surface area (Å²) in [6.07, 6.45) is 0.436. The third kappa shape index (κ3) is 2.35. The number of ether oxygens (including phenoxy) is 1. The van der Waals surface area contributed by atoms with Gasteiger partial charge in [0.1, 0.15) is 12.7 Å². The van der Waals surface area contributed by atoms with Crippen LogP contribution in [0.3, 0.4) is 0 Å². The molecule has 18 heavy (non-hydrogen) atoms. The molecule has 1 amide bonds. The fourth-order valence-electron chi connectivity index (χ4n) is 2.10. The van der Waals surface area contributed by atoms with Crippen molar-refractivity contribution in [1.29, 1.82) is 5.26 Å². The van der Waals surface area contributed by atoms with E-state index in [-0.39, 0.29) is 25.2 Å². The van der Waals surface area contributed by atoms with Crippen LogP contribution in [0.25, 0.3) is 0 Å². The average Bonchev–Trinajstić information content (AvgIpc) is 2.39. The molecule has 1 aliphatic rings. The minimum absolute atomic E-state index is 0.0156. The summed E-state index contributed by atoms with van der Waals surface area (Å²) in [5.41, 5.74) is 1.04. The molecule has 0 bridgehead atoms. The highest BCUT2D eigenvalue weighted by Crippen LogP contribution is 2.25. The van der Waals surface area contributed by atoms with E-state index in [0.717, 1.165) is 0 Å². The molecule has 5 heteroatoms. The fraction of sp³-hybridized carbons (Fsp3) is 0.385. The number of rotatable bonds is 3. The monoisotopic (exact) mass is 246 g/mol. The molecule has 1 unspecified atom stereocenters. The number of hydrogen-bond donors (Lipinski definition) is 1. The second-order valence-corrected chi connectivity index (χ2v) is 4.07. The lowest BCUT2D eigenvalue weighted by Gasteiger charge is -2.35. The van der Waals surface area contributed by atoms with Crippen LogP contribution in [0.15, 0.2) is 24.3 Å². The summed E-state index contributed by atoms with van der Waals surface area (Å²) in [6, 6.07) is 8.82. The number of carbonyl (C=O) groups excluding carboxylic acids is 1. The summed E-state index contributed by atoms with van der Waals surface area (Å²) in [4.78, 5) is 13.5. The zero-order valence-electron chi connectivity index (χ0n) is 9.87. The van der Waals surface area contributed by atoms with Crippen molar-refractivity contribution in [1.82, 2.24) is 0 Å². The van der Waals surface area contributed by atoms with Gasteiger partial charge in [-0.05, 0) is 18.6 Å². The van der Waals surface area contributed by atoms with Crippen LogP contribution in [0.5, 0.6) is 0 Å². The molecule has 1 aromatic carbocycles. The van der Waals surface area contributed by atoms with E-state index in [1.165, 1.54) is 0 Å². The number of amides is 1. The normalized spacial score (nSPS) is 19.7. The summed E-state index contributed by atoms with van der Waals surface area (Å²) < 4.78 is 5.19. The van der Waals surface area contributed by atoms with E-state index in [0.29, 0.717) is 24.3 Å². The molecule has 1 atom stereocenters. The molecular formula is C13H14N2O3. The highest BCUT2D eigenvalue weighted by molar-refractivity contribution is 5.96. The predicted octanol–water partition coefficient (Wildman–Crippen LogP) is 0.672. The van der Waals surface area contributed by atoms with E-state index >= 15 is 0 Å². The number of benzene rings is 1. The highest BCUT2D eigenvalue weighted by atomic mass is 16.5. The molecule has 94 valence electrons. The summed E-state index contributed by atoms with van der Waals surface area (Å²) >= 11 is 0. The van der Waals surface area contributed by atoms with E-state index in [9.17, 15) is 4.79 Å². The maximum absolute atomic E-state index is 12.0. The van der Waals surface area contributed by atoms with Gasteiger partial charge in [0, 0.05) is 6.61 Å². The zero-order valence-corrected chi connectivity index (χ0v) is 9.87. The number of nitrogens with zero attached hydrogens (tertiary/aromatic N) is 2. The SMILES string of the molecule is N#Cc1ccccc1N1C(=O)COCC1CCO. The minimum atomic E-state index is -0.217. The molecule has 0 aromatic heterocycles. The smallest absolute Gasteiger partial charge is 0.253 e. The standard InChI is InChI=1S/C13H14N2O3/c14-7-10-3-1-2-4-12(10)15-11(5-6-16)8-18-9-13(15)17/h1-4,11,16H,5-6,8-9H2. The first-order chi connectivity index (χ1) is 8.77. The van der Waals surface area contributed by atoms with Crippen LogP contribution < -0.4 is 4.90 Å². The van der Waals surface area contributed by atoms with Crippen molar-refractivity contribution in [3.05, 3.63) is 29.8 Å². The van der Waals surface area contributed by atoms with E-state index < -0.39 is 0 Å². The molecule has 0 spiro atoms. The Hall–Kier alpha value is -1.90. The quantitative estimate of drug-likeness (QED) is 0.850. The van der Waals surface area contributed by atoms with E-state index in [1.807, 2.05) is 0 Å². The number of aliphatic hydroxyl groups is 1. The Morgan fingerprint density at radius 3 is 3.00 bits per heavy atom. The van der Waals surface area contributed by atoms with Gasteiger partial charge >= 0.3 is 0 Å². The Bertz CT molecular complexity index is 479. The first kappa shape index (κ1) is 12.6. The van der Waals surface area contributed by atoms with Crippen molar-refractivity contribution >= 4 is 11.6 Å². The molecular weight excluding hydrogens is 232 g/mol. The van der Waals surface area contributed by atoms with E-state index in [4.69, 9.17) is 15.1 Å². The van der Waals surface area contributed by atoms with E-state index in [1.54, 1.807) is 29.2 Å². The molecule has 0 radical (unpaired) electrons. The minimum Gasteiger partial charge on any atom is -0.396 e. The van der Waals surface area contributed by atoms with Crippen LogP contribution in [-0.2, 0) is 9.53 Å². The van der Waals surface area contributed by atoms with Crippen molar-refractivity contribution in [2.24, 2.45) is 0 Å². The topological polar surface area (TPSA) is 73.6 Å². The molecule has 1 saturated heterocycles. The first-order valence-electron chi connectivity index (χ1n) is 5.77. The molecule has 5 nitrogen and oxygen atoms in total. The summed E-state index contributed by atoms with van der Waals surface area (Å²) in [6.45, 7) is 0.375. The number of anilines is 1. The average molecular weight is 246 g/mol. The summed E-state index contributed by atoms with van der Waals surface area (Å²) in [7, 11) is 0. The molecule has 0 saturated carbocycles. The molecule has 1 fully saturated rings. The van der Waals surface area contributed by atoms with Crippen LogP contribution in [0.1, 0.15) is 12.0 Å². The van der Waals surface area contributed by atoms with Gasteiger partial charge in [-0.25, -0.2) is 0 Å². The van der Waals surface area contributed by atoms with Gasteiger partial charge in [0.2, 0.25) is 0 Å². The van der Waals surface area contributed by atoms with Gasteiger partial charge in [-0.2, -0.15) is 5.26 Å². The first-order valence-corrected chi connectivity index (χ1v) is 5.77. The lowest BCUT2D eigenvalue weighted by molar-refractivity contribution is -0.127. The van der Waals surface area contributed by atoms with Gasteiger partial charge in [0.25, 0.3) is 5.91 Å². The third-order valence-electron chi connectivity index (χ3n) is 2.92. The van der Waals surface area contributed by atoms with E-state index in [2.05, 4.69) is 6.07 Å². The Morgan fingerprint density at radius 1 is 1.50 bits per heavy atom. The number of nitriles is 1. The second kappa shape index (κ2) is 5.63. The van der Waals surface area contributed by atoms with Crippen molar-refractivity contribution in [3.63, 3.8) is 0 Å². The van der Waals surface area contributed by atoms with Gasteiger partial charge in [0.05, 0.1) is 23.9 Å². The number of carbonyl (C=O) groups is 1. The Morgan fingerprint density at radius 2 is 2.28 bits per heavy atom. The van der Waals surface area contributed by atoms with Crippen molar-refractivity contribution in [3.8, 4) is 6.07 Å². The van der Waals surface area contributed by atoms with Gasteiger partial charge in [-0.1, -0.05) is 12.1 Å². The Labute approximate surface area is 105 Å². The van der Waals surface area contributed by atoms with Gasteiger partial charge in [-0.15, -0.1) is 0 Å². The van der Waals surface area contributed by atoms with Crippen molar-refractivity contribution < 1.29 is 14.6 Å². The van der Waals surface area contributed by atoms with Gasteiger partial charge in [-0.3, -0.25) is 4.79 Å². The summed E-state index contributed by atoms with van der Waals surface area (Å²) in [5.74, 6) is -0.178. The molecule has 1 N–H and O–H groups in total. The molecule has 1 aliphatic heterocycles. The van der Waals surface area contributed by atoms with Gasteiger partial charge in [0.15, 0.2) is 0 Å². The van der Waals surface area contributed by atoms with Crippen LogP contribution in [0, 0.1) is 11.3 Å². The fourth-order valence-corrected chi connectivity index (χ4v) is 2.10. The number of hydrogen-bond acceptors (Lipinski definition) is 4. The van der Waals surface area contributed by atoms with Crippen molar-refractivity contribution in [2.75, 3.05) is 24.7 Å². The third-order valence-corrected chi connectivity index (χ3v) is 2.92. The number of para-hydroxylation sites is 1. The molecule has 2 rings (SSSR count). The highest BCUT2D eigenvalue weighted by Gasteiger charge is 2.30. The largest absolute Gasteiger partial charge is 0.396 e. The Kier molecular flexibility index (Phi) is 3.92. The molecule has 1 heterocycles. The van der Waals surface area contributed by atoms with Crippen molar-refractivity contribution in [2.45, 2.75) is 12.5 Å². The zero-order chi connectivity index (χ0) is 13.0. The maximum Gasteiger partial charge on any atom is 0.253 e. The molecule has 1 aromatic rings. The second-order valence-electron chi connectivity index (χ2n) is 4.07. The lowest BCUT2D eigenvalue weighted by Crippen LogP contribution is -2.50. The van der Waals surface area contributed by atoms with Crippen LogP contribution in [0.4, 0.5) is 5.69 Å². The maximum atomic E-state index is 12.0. The van der Waals surface area contributed by atoms with Crippen LogP contribution in [0.2, 0.25) is 0 Å². The number of aliphatic hydroxyl groups excluding tert-OH is 1. The summed E-state index contributed by atoms with van der Waals surface area (Å²) in [5, 5.41) is 18.1. The number of morpholine rings is 1. The van der Waals surface area contributed by atoms with Gasteiger partial charge < -0.3 is 14.7 Å². The van der Waals surface area contributed by atoms with Crippen LogP contribution in [-0.4, -0.2) is 36.9 Å². The predicted molar refractivity (Wildman–Crippen MR) is 65.0 cm³/mol.